The zero-order chi connectivity index (χ0) is 21.2. The smallest absolute Gasteiger partial charge is 0.309 e. The topological polar surface area (TPSA) is 54.4 Å². The Kier molecular flexibility index (Phi) is 9.92. The number of aliphatic carboxylic acids is 1. The quantitative estimate of drug-likeness (QED) is 0.364. The molecule has 0 unspecified atom stereocenters. The number of hydrogen-bond acceptors (Lipinski definition) is 2. The van der Waals surface area contributed by atoms with Crippen LogP contribution in [0.5, 0.6) is 0 Å². The molecule has 3 nitrogen and oxygen atoms in total. The molecule has 1 aromatic rings. The first kappa shape index (κ1) is 24.4. The van der Waals surface area contributed by atoms with Crippen molar-refractivity contribution in [3.8, 4) is 0 Å². The molecule has 0 saturated carbocycles. The van der Waals surface area contributed by atoms with Crippen LogP contribution in [0.4, 0.5) is 0 Å². The van der Waals surface area contributed by atoms with E-state index < -0.39 is 11.4 Å². The van der Waals surface area contributed by atoms with Gasteiger partial charge in [-0.05, 0) is 70.4 Å². The SMILES string of the molecule is CC(=O)C(C)(C)CCCCCc1ccccc1CCCCCC(C)(C)C(=O)O. The number of Topliss-reactive ketones (excluding diaryl/α,β-unsaturated/α-hetero) is 1. The van der Waals surface area contributed by atoms with Gasteiger partial charge in [-0.15, -0.1) is 0 Å². The van der Waals surface area contributed by atoms with Gasteiger partial charge in [-0.3, -0.25) is 9.59 Å². The van der Waals surface area contributed by atoms with Gasteiger partial charge in [0.15, 0.2) is 0 Å². The van der Waals surface area contributed by atoms with Gasteiger partial charge in [-0.25, -0.2) is 0 Å². The first-order valence-corrected chi connectivity index (χ1v) is 10.9. The Labute approximate surface area is 171 Å². The van der Waals surface area contributed by atoms with E-state index in [1.54, 1.807) is 6.92 Å². The Hall–Kier alpha value is -1.64. The Morgan fingerprint density at radius 2 is 1.18 bits per heavy atom. The van der Waals surface area contributed by atoms with E-state index in [9.17, 15) is 14.7 Å². The molecule has 28 heavy (non-hydrogen) atoms. The van der Waals surface area contributed by atoms with Crippen LogP contribution in [0.2, 0.25) is 0 Å². The van der Waals surface area contributed by atoms with E-state index in [-0.39, 0.29) is 11.2 Å². The van der Waals surface area contributed by atoms with Gasteiger partial charge in [0.05, 0.1) is 5.41 Å². The highest BCUT2D eigenvalue weighted by Crippen LogP contribution is 2.26. The zero-order valence-corrected chi connectivity index (χ0v) is 18.6. The van der Waals surface area contributed by atoms with Crippen LogP contribution in [0, 0.1) is 10.8 Å². The molecule has 0 aromatic heterocycles. The van der Waals surface area contributed by atoms with Crippen LogP contribution < -0.4 is 0 Å². The van der Waals surface area contributed by atoms with Crippen molar-refractivity contribution in [3.05, 3.63) is 35.4 Å². The van der Waals surface area contributed by atoms with Crippen molar-refractivity contribution >= 4 is 11.8 Å². The first-order chi connectivity index (χ1) is 13.1. The summed E-state index contributed by atoms with van der Waals surface area (Å²) in [5.41, 5.74) is 2.07. The van der Waals surface area contributed by atoms with Gasteiger partial charge in [-0.2, -0.15) is 0 Å². The van der Waals surface area contributed by atoms with Gasteiger partial charge in [0, 0.05) is 5.41 Å². The van der Waals surface area contributed by atoms with Crippen molar-refractivity contribution in [2.75, 3.05) is 0 Å². The van der Waals surface area contributed by atoms with Crippen LogP contribution in [0.25, 0.3) is 0 Å². The summed E-state index contributed by atoms with van der Waals surface area (Å²) in [6.07, 6.45) is 10.5. The fourth-order valence-corrected chi connectivity index (χ4v) is 3.45. The van der Waals surface area contributed by atoms with Crippen molar-refractivity contribution in [1.82, 2.24) is 0 Å². The van der Waals surface area contributed by atoms with E-state index in [0.29, 0.717) is 0 Å². The second-order valence-electron chi connectivity index (χ2n) is 9.52. The summed E-state index contributed by atoms with van der Waals surface area (Å²) in [6, 6.07) is 8.70. The summed E-state index contributed by atoms with van der Waals surface area (Å²) in [6.45, 7) is 9.40. The second-order valence-corrected chi connectivity index (χ2v) is 9.52. The van der Waals surface area contributed by atoms with E-state index in [0.717, 1.165) is 64.2 Å². The fraction of sp³-hybridized carbons (Fsp3) is 0.680. The molecule has 0 atom stereocenters. The first-order valence-electron chi connectivity index (χ1n) is 10.9. The Morgan fingerprint density at radius 1 is 0.750 bits per heavy atom. The lowest BCUT2D eigenvalue weighted by Gasteiger charge is -2.20. The molecule has 0 fully saturated rings. The number of benzene rings is 1. The molecule has 0 amide bonds. The molecule has 1 aromatic carbocycles. The summed E-state index contributed by atoms with van der Waals surface area (Å²) < 4.78 is 0. The number of ketones is 1. The number of carboxylic acids is 1. The minimum absolute atomic E-state index is 0.187. The van der Waals surface area contributed by atoms with Crippen LogP contribution in [-0.2, 0) is 22.4 Å². The predicted octanol–water partition coefficient (Wildman–Crippen LogP) is 6.62. The van der Waals surface area contributed by atoms with Crippen molar-refractivity contribution in [2.24, 2.45) is 10.8 Å². The third-order valence-electron chi connectivity index (χ3n) is 6.15. The lowest BCUT2D eigenvalue weighted by molar-refractivity contribution is -0.147. The average molecular weight is 389 g/mol. The Morgan fingerprint density at radius 3 is 1.57 bits per heavy atom. The minimum atomic E-state index is -0.704. The number of carbonyl (C=O) groups is 2. The van der Waals surface area contributed by atoms with Gasteiger partial charge >= 0.3 is 5.97 Å². The highest BCUT2D eigenvalue weighted by atomic mass is 16.4. The Bertz CT molecular complexity index is 573. The van der Waals surface area contributed by atoms with Crippen molar-refractivity contribution in [1.29, 1.82) is 0 Å². The van der Waals surface area contributed by atoms with Crippen molar-refractivity contribution < 1.29 is 14.7 Å². The molecular weight excluding hydrogens is 348 g/mol. The predicted molar refractivity (Wildman–Crippen MR) is 117 cm³/mol. The monoisotopic (exact) mass is 388 g/mol. The maximum atomic E-state index is 11.6. The molecule has 0 aliphatic rings. The third kappa shape index (κ3) is 8.58. The molecule has 0 radical (unpaired) electrons. The number of carbonyl (C=O) groups excluding carboxylic acids is 1. The largest absolute Gasteiger partial charge is 0.481 e. The molecule has 0 aliphatic carbocycles. The second kappa shape index (κ2) is 11.4. The summed E-state index contributed by atoms with van der Waals surface area (Å²) in [7, 11) is 0. The maximum absolute atomic E-state index is 11.6. The number of aryl methyl sites for hydroxylation is 2. The van der Waals surface area contributed by atoms with E-state index in [1.165, 1.54) is 11.1 Å². The molecule has 0 bridgehead atoms. The van der Waals surface area contributed by atoms with Gasteiger partial charge in [0.2, 0.25) is 0 Å². The lowest BCUT2D eigenvalue weighted by atomic mass is 9.83. The number of rotatable bonds is 14. The van der Waals surface area contributed by atoms with Gasteiger partial charge in [0.25, 0.3) is 0 Å². The standard InChI is InChI=1S/C25H40O3/c1-20(26)24(2,3)18-12-6-8-14-21-16-10-11-17-22(21)15-9-7-13-19-25(4,5)23(27)28/h10-11,16-17H,6-9,12-15,18-19H2,1-5H3,(H,27,28). The van der Waals surface area contributed by atoms with Gasteiger partial charge < -0.3 is 5.11 Å². The molecule has 0 heterocycles. The average Bonchev–Trinajstić information content (AvgIpc) is 2.61. The molecule has 1 N–H and O–H groups in total. The molecule has 0 saturated heterocycles. The van der Waals surface area contributed by atoms with Crippen molar-refractivity contribution in [2.45, 2.75) is 98.8 Å². The lowest BCUT2D eigenvalue weighted by Crippen LogP contribution is -2.23. The number of carboxylic acid groups (broad SMARTS) is 1. The summed E-state index contributed by atoms with van der Waals surface area (Å²) in [5, 5.41) is 9.19. The fourth-order valence-electron chi connectivity index (χ4n) is 3.45. The van der Waals surface area contributed by atoms with E-state index >= 15 is 0 Å². The number of hydrogen-bond donors (Lipinski definition) is 1. The maximum Gasteiger partial charge on any atom is 0.309 e. The van der Waals surface area contributed by atoms with Crippen LogP contribution in [-0.4, -0.2) is 16.9 Å². The third-order valence-corrected chi connectivity index (χ3v) is 6.15. The van der Waals surface area contributed by atoms with Crippen LogP contribution >= 0.6 is 0 Å². The van der Waals surface area contributed by atoms with E-state index in [1.807, 2.05) is 27.7 Å². The highest BCUT2D eigenvalue weighted by Gasteiger charge is 2.26. The van der Waals surface area contributed by atoms with E-state index in [2.05, 4.69) is 24.3 Å². The molecule has 0 spiro atoms. The van der Waals surface area contributed by atoms with Gasteiger partial charge in [-0.1, -0.05) is 63.8 Å². The molecule has 1 rings (SSSR count). The minimum Gasteiger partial charge on any atom is -0.481 e. The van der Waals surface area contributed by atoms with Crippen molar-refractivity contribution in [3.63, 3.8) is 0 Å². The molecule has 158 valence electrons. The number of unbranched alkanes of at least 4 members (excludes halogenated alkanes) is 4. The highest BCUT2D eigenvalue weighted by molar-refractivity contribution is 5.81. The molecule has 0 aliphatic heterocycles. The van der Waals surface area contributed by atoms with E-state index in [4.69, 9.17) is 0 Å². The summed E-state index contributed by atoms with van der Waals surface area (Å²) >= 11 is 0. The zero-order valence-electron chi connectivity index (χ0n) is 18.6. The molecular formula is C25H40O3. The van der Waals surface area contributed by atoms with Gasteiger partial charge in [0.1, 0.15) is 5.78 Å². The van der Waals surface area contributed by atoms with Crippen LogP contribution in [0.15, 0.2) is 24.3 Å². The summed E-state index contributed by atoms with van der Waals surface area (Å²) in [5.74, 6) is -0.422. The normalized spacial score (nSPS) is 12.2. The summed E-state index contributed by atoms with van der Waals surface area (Å²) in [4.78, 5) is 22.8. The Balaban J connectivity index is 2.34. The molecule has 3 heteroatoms. The van der Waals surface area contributed by atoms with Crippen LogP contribution in [0.1, 0.15) is 97.1 Å². The van der Waals surface area contributed by atoms with Crippen LogP contribution in [0.3, 0.4) is 0 Å².